The van der Waals surface area contributed by atoms with Crippen molar-refractivity contribution >= 4 is 17.8 Å². The third-order valence-corrected chi connectivity index (χ3v) is 2.79. The van der Waals surface area contributed by atoms with Crippen LogP contribution < -0.4 is 9.47 Å². The fraction of sp³-hybridized carbons (Fsp3) is 0.235. The molecule has 0 aromatic heterocycles. The molecule has 0 spiro atoms. The Hall–Kier alpha value is -2.89. The second-order valence-corrected chi connectivity index (χ2v) is 5.06. The van der Waals surface area contributed by atoms with E-state index in [1.165, 1.54) is 13.0 Å². The van der Waals surface area contributed by atoms with Gasteiger partial charge in [-0.3, -0.25) is 10.2 Å². The minimum atomic E-state index is -0.917. The molecule has 0 saturated heterocycles. The zero-order valence-corrected chi connectivity index (χ0v) is 13.1. The molecule has 0 radical (unpaired) electrons. The van der Waals surface area contributed by atoms with Gasteiger partial charge in [-0.05, 0) is 38.0 Å². The largest absolute Gasteiger partial charge is 0.481 e. The van der Waals surface area contributed by atoms with Crippen LogP contribution in [-0.2, 0) is 16.0 Å². The lowest BCUT2D eigenvalue weighted by atomic mass is 10.1. The Morgan fingerprint density at radius 1 is 1.13 bits per heavy atom. The van der Waals surface area contributed by atoms with Crippen molar-refractivity contribution in [2.24, 2.45) is 0 Å². The van der Waals surface area contributed by atoms with E-state index in [1.54, 1.807) is 19.1 Å². The van der Waals surface area contributed by atoms with Crippen LogP contribution in [0.1, 0.15) is 25.8 Å². The molecule has 1 aromatic rings. The van der Waals surface area contributed by atoms with Gasteiger partial charge in [-0.25, -0.2) is 4.79 Å². The van der Waals surface area contributed by atoms with Gasteiger partial charge in [0.25, 0.3) is 0 Å². The number of carboxylic acids is 1. The molecular weight excluding hydrogens is 298 g/mol. The third kappa shape index (κ3) is 5.78. The van der Waals surface area contributed by atoms with E-state index in [1.807, 2.05) is 0 Å². The van der Waals surface area contributed by atoms with Gasteiger partial charge in [0.15, 0.2) is 11.5 Å². The number of rotatable bonds is 7. The maximum atomic E-state index is 11.7. The Labute approximate surface area is 134 Å². The van der Waals surface area contributed by atoms with Crippen LogP contribution in [0.25, 0.3) is 0 Å². The Kier molecular flexibility index (Phi) is 6.26. The van der Waals surface area contributed by atoms with Crippen LogP contribution in [0, 0.1) is 5.41 Å². The highest BCUT2D eigenvalue weighted by Crippen LogP contribution is 2.30. The van der Waals surface area contributed by atoms with Crippen LogP contribution in [0.5, 0.6) is 11.5 Å². The fourth-order valence-corrected chi connectivity index (χ4v) is 1.51. The second-order valence-electron chi connectivity index (χ2n) is 5.06. The number of aryl methyl sites for hydroxylation is 1. The standard InChI is InChI=1S/C17H19NO5/c1-10(2)16(18)22-14-9-12(6-8-15(19)20)5-7-13(14)23-17(21)11(3)4/h5,7,9,18H,1,3,6,8H2,2,4H3,(H,19,20). The highest BCUT2D eigenvalue weighted by molar-refractivity contribution is 5.92. The molecule has 0 amide bonds. The summed E-state index contributed by atoms with van der Waals surface area (Å²) < 4.78 is 10.5. The van der Waals surface area contributed by atoms with Crippen LogP contribution in [0.15, 0.2) is 42.5 Å². The van der Waals surface area contributed by atoms with Crippen molar-refractivity contribution in [3.8, 4) is 11.5 Å². The van der Waals surface area contributed by atoms with Gasteiger partial charge in [-0.1, -0.05) is 19.2 Å². The molecule has 1 rings (SSSR count). The van der Waals surface area contributed by atoms with Gasteiger partial charge in [0.2, 0.25) is 5.90 Å². The van der Waals surface area contributed by atoms with Gasteiger partial charge < -0.3 is 14.6 Å². The molecule has 1 aromatic carbocycles. The van der Waals surface area contributed by atoms with E-state index in [0.29, 0.717) is 17.6 Å². The van der Waals surface area contributed by atoms with E-state index in [2.05, 4.69) is 13.2 Å². The SMILES string of the molecule is C=C(C)C(=N)Oc1cc(CCC(=O)O)ccc1OC(=O)C(=C)C. The summed E-state index contributed by atoms with van der Waals surface area (Å²) in [5, 5.41) is 16.5. The maximum Gasteiger partial charge on any atom is 0.338 e. The van der Waals surface area contributed by atoms with Gasteiger partial charge in [0.05, 0.1) is 0 Å². The predicted octanol–water partition coefficient (Wildman–Crippen LogP) is 3.12. The first-order valence-corrected chi connectivity index (χ1v) is 6.85. The molecule has 0 aliphatic heterocycles. The lowest BCUT2D eigenvalue weighted by Crippen LogP contribution is -2.12. The highest BCUT2D eigenvalue weighted by atomic mass is 16.6. The first kappa shape index (κ1) is 18.2. The third-order valence-electron chi connectivity index (χ3n) is 2.79. The molecule has 0 bridgehead atoms. The van der Waals surface area contributed by atoms with Gasteiger partial charge in [0.1, 0.15) is 0 Å². The number of nitrogens with one attached hydrogen (secondary N) is 1. The van der Waals surface area contributed by atoms with E-state index >= 15 is 0 Å². The molecule has 2 N–H and O–H groups in total. The molecule has 6 heteroatoms. The predicted molar refractivity (Wildman–Crippen MR) is 86.0 cm³/mol. The summed E-state index contributed by atoms with van der Waals surface area (Å²) in [5.41, 5.74) is 1.31. The maximum absolute atomic E-state index is 11.7. The Morgan fingerprint density at radius 3 is 2.30 bits per heavy atom. The molecule has 0 aliphatic rings. The molecule has 0 atom stereocenters. The number of carbonyl (C=O) groups excluding carboxylic acids is 1. The molecule has 23 heavy (non-hydrogen) atoms. The molecule has 0 aliphatic carbocycles. The number of hydrogen-bond acceptors (Lipinski definition) is 5. The number of esters is 1. The van der Waals surface area contributed by atoms with Gasteiger partial charge in [-0.2, -0.15) is 0 Å². The molecule has 0 heterocycles. The van der Waals surface area contributed by atoms with Crippen molar-refractivity contribution < 1.29 is 24.2 Å². The van der Waals surface area contributed by atoms with E-state index in [4.69, 9.17) is 20.0 Å². The fourth-order valence-electron chi connectivity index (χ4n) is 1.51. The van der Waals surface area contributed by atoms with Crippen LogP contribution in [-0.4, -0.2) is 22.9 Å². The van der Waals surface area contributed by atoms with Crippen LogP contribution in [0.3, 0.4) is 0 Å². The van der Waals surface area contributed by atoms with Gasteiger partial charge in [-0.15, -0.1) is 0 Å². The summed E-state index contributed by atoms with van der Waals surface area (Å²) in [4.78, 5) is 22.3. The summed E-state index contributed by atoms with van der Waals surface area (Å²) >= 11 is 0. The second kappa shape index (κ2) is 7.93. The lowest BCUT2D eigenvalue weighted by Gasteiger charge is -2.13. The first-order chi connectivity index (χ1) is 10.7. The van der Waals surface area contributed by atoms with Crippen molar-refractivity contribution in [1.82, 2.24) is 0 Å². The van der Waals surface area contributed by atoms with Crippen LogP contribution in [0.2, 0.25) is 0 Å². The van der Waals surface area contributed by atoms with Crippen molar-refractivity contribution in [1.29, 1.82) is 5.41 Å². The van der Waals surface area contributed by atoms with Gasteiger partial charge in [0, 0.05) is 17.6 Å². The molecule has 0 unspecified atom stereocenters. The quantitative estimate of drug-likeness (QED) is 0.265. The van der Waals surface area contributed by atoms with Crippen LogP contribution in [0.4, 0.5) is 0 Å². The minimum absolute atomic E-state index is 0.0394. The molecule has 0 saturated carbocycles. The summed E-state index contributed by atoms with van der Waals surface area (Å²) in [6.45, 7) is 10.2. The number of carbonyl (C=O) groups is 2. The van der Waals surface area contributed by atoms with E-state index in [-0.39, 0.29) is 29.4 Å². The monoisotopic (exact) mass is 317 g/mol. The molecular formula is C17H19NO5. The first-order valence-electron chi connectivity index (χ1n) is 6.85. The zero-order chi connectivity index (χ0) is 17.6. The van der Waals surface area contributed by atoms with E-state index in [0.717, 1.165) is 0 Å². The average Bonchev–Trinajstić information content (AvgIpc) is 2.46. The van der Waals surface area contributed by atoms with Crippen molar-refractivity contribution in [2.45, 2.75) is 26.7 Å². The minimum Gasteiger partial charge on any atom is -0.481 e. The molecule has 6 nitrogen and oxygen atoms in total. The summed E-state index contributed by atoms with van der Waals surface area (Å²) in [7, 11) is 0. The van der Waals surface area contributed by atoms with Crippen LogP contribution >= 0.6 is 0 Å². The molecule has 0 fully saturated rings. The Morgan fingerprint density at radius 2 is 1.78 bits per heavy atom. The Balaban J connectivity index is 3.09. The summed E-state index contributed by atoms with van der Waals surface area (Å²) in [6, 6.07) is 4.68. The normalized spacial score (nSPS) is 9.83. The van der Waals surface area contributed by atoms with Crippen molar-refractivity contribution in [2.75, 3.05) is 0 Å². The number of hydrogen-bond donors (Lipinski definition) is 2. The summed E-state index contributed by atoms with van der Waals surface area (Å²) in [6.07, 6.45) is 0.253. The zero-order valence-electron chi connectivity index (χ0n) is 13.1. The topological polar surface area (TPSA) is 96.7 Å². The Bertz CT molecular complexity index is 676. The lowest BCUT2D eigenvalue weighted by molar-refractivity contribution is -0.137. The van der Waals surface area contributed by atoms with Crippen molar-refractivity contribution in [3.63, 3.8) is 0 Å². The number of ether oxygens (including phenoxy) is 2. The number of carboxylic acid groups (broad SMARTS) is 1. The average molecular weight is 317 g/mol. The van der Waals surface area contributed by atoms with Gasteiger partial charge >= 0.3 is 11.9 Å². The highest BCUT2D eigenvalue weighted by Gasteiger charge is 2.14. The number of benzene rings is 1. The summed E-state index contributed by atoms with van der Waals surface area (Å²) in [5.74, 6) is -1.43. The number of aliphatic carboxylic acids is 1. The smallest absolute Gasteiger partial charge is 0.338 e. The van der Waals surface area contributed by atoms with E-state index < -0.39 is 11.9 Å². The van der Waals surface area contributed by atoms with E-state index in [9.17, 15) is 9.59 Å². The molecule has 122 valence electrons. The van der Waals surface area contributed by atoms with Crippen molar-refractivity contribution in [3.05, 3.63) is 48.1 Å².